The van der Waals surface area contributed by atoms with Crippen molar-refractivity contribution in [1.29, 1.82) is 5.26 Å². The predicted molar refractivity (Wildman–Crippen MR) is 83.4 cm³/mol. The van der Waals surface area contributed by atoms with Crippen molar-refractivity contribution in [3.05, 3.63) is 52.7 Å². The van der Waals surface area contributed by atoms with Gasteiger partial charge >= 0.3 is 0 Å². The van der Waals surface area contributed by atoms with Gasteiger partial charge in [-0.2, -0.15) is 9.57 Å². The molecule has 22 heavy (non-hydrogen) atoms. The Morgan fingerprint density at radius 1 is 1.27 bits per heavy atom. The van der Waals surface area contributed by atoms with E-state index in [2.05, 4.69) is 0 Å². The molecule has 1 aromatic carbocycles. The van der Waals surface area contributed by atoms with Gasteiger partial charge in [0.15, 0.2) is 0 Å². The number of benzene rings is 1. The number of nitrogens with zero attached hydrogens (tertiary/aromatic N) is 2. The monoisotopic (exact) mass is 338 g/mol. The highest BCUT2D eigenvalue weighted by Crippen LogP contribution is 2.30. The van der Waals surface area contributed by atoms with E-state index in [0.29, 0.717) is 10.4 Å². The lowest BCUT2D eigenvalue weighted by molar-refractivity contribution is 0.358. The molecule has 4 nitrogen and oxygen atoms in total. The van der Waals surface area contributed by atoms with Crippen LogP contribution < -0.4 is 0 Å². The molecule has 1 atom stereocenters. The Hall–Kier alpha value is -1.75. The van der Waals surface area contributed by atoms with Gasteiger partial charge in [0.1, 0.15) is 21.0 Å². The molecule has 0 aliphatic carbocycles. The molecule has 0 aliphatic heterocycles. The van der Waals surface area contributed by atoms with Gasteiger partial charge in [0.25, 0.3) is 10.0 Å². The summed E-state index contributed by atoms with van der Waals surface area (Å²) in [5.74, 6) is -0.362. The Morgan fingerprint density at radius 3 is 2.41 bits per heavy atom. The minimum absolute atomic E-state index is 0.139. The Morgan fingerprint density at radius 2 is 1.91 bits per heavy atom. The van der Waals surface area contributed by atoms with Crippen molar-refractivity contribution in [2.24, 2.45) is 0 Å². The second-order valence-electron chi connectivity index (χ2n) is 4.67. The molecule has 0 radical (unpaired) electrons. The minimum atomic E-state index is -3.69. The van der Waals surface area contributed by atoms with Gasteiger partial charge in [-0.15, -0.1) is 11.3 Å². The largest absolute Gasteiger partial charge is 0.253 e. The number of halogens is 1. The predicted octanol–water partition coefficient (Wildman–Crippen LogP) is 3.53. The zero-order valence-electron chi connectivity index (χ0n) is 12.2. The molecule has 0 fully saturated rings. The van der Waals surface area contributed by atoms with Crippen molar-refractivity contribution < 1.29 is 12.8 Å². The van der Waals surface area contributed by atoms with Gasteiger partial charge in [0.05, 0.1) is 0 Å². The van der Waals surface area contributed by atoms with Gasteiger partial charge in [0.2, 0.25) is 0 Å². The van der Waals surface area contributed by atoms with Crippen molar-refractivity contribution in [3.8, 4) is 6.07 Å². The first kappa shape index (κ1) is 16.6. The lowest BCUT2D eigenvalue weighted by Gasteiger charge is -2.26. The van der Waals surface area contributed by atoms with E-state index in [1.165, 1.54) is 28.6 Å². The summed E-state index contributed by atoms with van der Waals surface area (Å²) in [5.41, 5.74) is 0.712. The first-order chi connectivity index (χ1) is 10.4. The molecule has 0 saturated heterocycles. The molecule has 0 bridgehead atoms. The third kappa shape index (κ3) is 3.19. The SMILES string of the molecule is CCN(C(C)c1ccc(F)cc1)S(=O)(=O)c1ccc(C#N)s1. The average Bonchev–Trinajstić information content (AvgIpc) is 2.98. The Balaban J connectivity index is 2.37. The number of sulfonamides is 1. The number of hydrogen-bond acceptors (Lipinski definition) is 4. The summed E-state index contributed by atoms with van der Waals surface area (Å²) in [5, 5.41) is 8.84. The molecule has 0 saturated carbocycles. The normalized spacial score (nSPS) is 13.0. The van der Waals surface area contributed by atoms with Crippen LogP contribution in [0.15, 0.2) is 40.6 Å². The zero-order chi connectivity index (χ0) is 16.3. The van der Waals surface area contributed by atoms with Crippen LogP contribution in [0.4, 0.5) is 4.39 Å². The van der Waals surface area contributed by atoms with Crippen molar-refractivity contribution >= 4 is 21.4 Å². The zero-order valence-corrected chi connectivity index (χ0v) is 13.8. The van der Waals surface area contributed by atoms with Gasteiger partial charge in [-0.1, -0.05) is 19.1 Å². The smallest absolute Gasteiger partial charge is 0.207 e. The van der Waals surface area contributed by atoms with Crippen molar-refractivity contribution in [3.63, 3.8) is 0 Å². The molecule has 0 aliphatic rings. The van der Waals surface area contributed by atoms with Crippen LogP contribution in [-0.2, 0) is 10.0 Å². The quantitative estimate of drug-likeness (QED) is 0.838. The summed E-state index contributed by atoms with van der Waals surface area (Å²) in [6, 6.07) is 10.2. The van der Waals surface area contributed by atoms with Crippen LogP contribution >= 0.6 is 11.3 Å². The molecule has 116 valence electrons. The van der Waals surface area contributed by atoms with Crippen molar-refractivity contribution in [1.82, 2.24) is 4.31 Å². The van der Waals surface area contributed by atoms with Crippen LogP contribution in [0.25, 0.3) is 0 Å². The standard InChI is InChI=1S/C15H15FN2O2S2/c1-3-18(11(2)12-4-6-13(16)7-5-12)22(19,20)15-9-8-14(10-17)21-15/h4-9,11H,3H2,1-2H3. The highest BCUT2D eigenvalue weighted by atomic mass is 32.2. The van der Waals surface area contributed by atoms with Crippen molar-refractivity contribution in [2.75, 3.05) is 6.54 Å². The molecule has 0 spiro atoms. The van der Waals surface area contributed by atoms with Crippen LogP contribution in [0.2, 0.25) is 0 Å². The van der Waals surface area contributed by atoms with E-state index in [1.807, 2.05) is 6.07 Å². The first-order valence-electron chi connectivity index (χ1n) is 6.67. The Bertz CT molecular complexity index is 792. The van der Waals surface area contributed by atoms with Gasteiger partial charge in [0, 0.05) is 12.6 Å². The third-order valence-electron chi connectivity index (χ3n) is 3.35. The van der Waals surface area contributed by atoms with Crippen LogP contribution in [0.1, 0.15) is 30.3 Å². The van der Waals surface area contributed by atoms with Crippen LogP contribution in [-0.4, -0.2) is 19.3 Å². The molecule has 1 heterocycles. The summed E-state index contributed by atoms with van der Waals surface area (Å²) in [6.07, 6.45) is 0. The second kappa shape index (κ2) is 6.57. The van der Waals surface area contributed by atoms with Gasteiger partial charge in [-0.05, 0) is 36.8 Å². The van der Waals surface area contributed by atoms with E-state index in [-0.39, 0.29) is 16.6 Å². The van der Waals surface area contributed by atoms with E-state index >= 15 is 0 Å². The fourth-order valence-electron chi connectivity index (χ4n) is 2.19. The minimum Gasteiger partial charge on any atom is -0.207 e. The lowest BCUT2D eigenvalue weighted by atomic mass is 10.1. The fraction of sp³-hybridized carbons (Fsp3) is 0.267. The van der Waals surface area contributed by atoms with E-state index in [9.17, 15) is 12.8 Å². The van der Waals surface area contributed by atoms with Gasteiger partial charge in [-0.3, -0.25) is 0 Å². The van der Waals surface area contributed by atoms with Crippen LogP contribution in [0.5, 0.6) is 0 Å². The number of nitriles is 1. The molecular formula is C15H15FN2O2S2. The lowest BCUT2D eigenvalue weighted by Crippen LogP contribution is -2.33. The number of hydrogen-bond donors (Lipinski definition) is 0. The molecule has 0 N–H and O–H groups in total. The summed E-state index contributed by atoms with van der Waals surface area (Å²) in [6.45, 7) is 3.78. The molecule has 2 aromatic rings. The molecule has 0 amide bonds. The summed E-state index contributed by atoms with van der Waals surface area (Å²) < 4.78 is 39.9. The average molecular weight is 338 g/mol. The van der Waals surface area contributed by atoms with E-state index in [0.717, 1.165) is 11.3 Å². The summed E-state index contributed by atoms with van der Waals surface area (Å²) in [4.78, 5) is 0.351. The van der Waals surface area contributed by atoms with Crippen LogP contribution in [0, 0.1) is 17.1 Å². The highest BCUT2D eigenvalue weighted by molar-refractivity contribution is 7.91. The Kier molecular flexibility index (Phi) is 4.96. The highest BCUT2D eigenvalue weighted by Gasteiger charge is 2.30. The molecule has 7 heteroatoms. The summed E-state index contributed by atoms with van der Waals surface area (Å²) in [7, 11) is -3.69. The third-order valence-corrected chi connectivity index (χ3v) is 6.85. The molecule has 2 rings (SSSR count). The summed E-state index contributed by atoms with van der Waals surface area (Å²) >= 11 is 0.948. The topological polar surface area (TPSA) is 61.2 Å². The van der Waals surface area contributed by atoms with E-state index in [4.69, 9.17) is 5.26 Å². The van der Waals surface area contributed by atoms with E-state index in [1.54, 1.807) is 26.0 Å². The molecular weight excluding hydrogens is 323 g/mol. The first-order valence-corrected chi connectivity index (χ1v) is 8.93. The van der Waals surface area contributed by atoms with E-state index < -0.39 is 16.1 Å². The van der Waals surface area contributed by atoms with Crippen LogP contribution in [0.3, 0.4) is 0 Å². The maximum Gasteiger partial charge on any atom is 0.253 e. The second-order valence-corrected chi connectivity index (χ2v) is 7.87. The number of thiophene rings is 1. The maximum absolute atomic E-state index is 13.0. The van der Waals surface area contributed by atoms with Gasteiger partial charge in [-0.25, -0.2) is 12.8 Å². The number of rotatable bonds is 5. The Labute approximate surface area is 133 Å². The maximum atomic E-state index is 13.0. The molecule has 1 aromatic heterocycles. The fourth-order valence-corrected chi connectivity index (χ4v) is 5.06. The molecule has 1 unspecified atom stereocenters. The van der Waals surface area contributed by atoms with Crippen molar-refractivity contribution in [2.45, 2.75) is 24.1 Å². The van der Waals surface area contributed by atoms with Gasteiger partial charge < -0.3 is 0 Å².